The van der Waals surface area contributed by atoms with Crippen LogP contribution in [-0.4, -0.2) is 54.6 Å². The summed E-state index contributed by atoms with van der Waals surface area (Å²) >= 11 is 0. The van der Waals surface area contributed by atoms with E-state index >= 15 is 0 Å². The first-order valence-corrected chi connectivity index (χ1v) is 8.88. The number of nitrogens with one attached hydrogen (secondary N) is 1. The smallest absolute Gasteiger partial charge is 0.230 e. The highest BCUT2D eigenvalue weighted by Gasteiger charge is 2.26. The average molecular weight is 334 g/mol. The lowest BCUT2D eigenvalue weighted by Crippen LogP contribution is -2.41. The molecule has 1 aliphatic heterocycles. The molecule has 0 spiro atoms. The minimum atomic E-state index is 0.104. The van der Waals surface area contributed by atoms with Crippen molar-refractivity contribution in [2.24, 2.45) is 5.92 Å². The van der Waals surface area contributed by atoms with E-state index < -0.39 is 0 Å². The highest BCUT2D eigenvalue weighted by molar-refractivity contribution is 5.78. The molecule has 0 aliphatic carbocycles. The van der Waals surface area contributed by atoms with E-state index in [1.807, 2.05) is 19.0 Å². The predicted octanol–water partition coefficient (Wildman–Crippen LogP) is 1.80. The molecule has 0 bridgehead atoms. The molecule has 134 valence electrons. The normalized spacial score (nSPS) is 15.7. The molecule has 0 unspecified atom stereocenters. The number of nitrogens with zero attached hydrogens (tertiary/aromatic N) is 5. The Balaban J connectivity index is 2.07. The number of hydrogen-bond donors (Lipinski definition) is 1. The Kier molecular flexibility index (Phi) is 6.34. The fourth-order valence-electron chi connectivity index (χ4n) is 2.70. The van der Waals surface area contributed by atoms with Crippen molar-refractivity contribution in [1.82, 2.24) is 20.3 Å². The highest BCUT2D eigenvalue weighted by Crippen LogP contribution is 2.23. The van der Waals surface area contributed by atoms with E-state index in [9.17, 15) is 4.79 Å². The summed E-state index contributed by atoms with van der Waals surface area (Å²) in [6, 6.07) is 0. The predicted molar refractivity (Wildman–Crippen MR) is 96.5 cm³/mol. The molecular formula is C17H30N6O. The average Bonchev–Trinajstić information content (AvgIpc) is 2.59. The molecule has 1 fully saturated rings. The fraction of sp³-hybridized carbons (Fsp3) is 0.765. The van der Waals surface area contributed by atoms with Crippen LogP contribution in [0.4, 0.5) is 11.9 Å². The van der Waals surface area contributed by atoms with E-state index in [1.165, 1.54) is 0 Å². The number of anilines is 2. The van der Waals surface area contributed by atoms with E-state index in [0.717, 1.165) is 50.7 Å². The Labute approximate surface area is 144 Å². The van der Waals surface area contributed by atoms with Gasteiger partial charge in [0.25, 0.3) is 0 Å². The van der Waals surface area contributed by atoms with Gasteiger partial charge in [0, 0.05) is 45.6 Å². The van der Waals surface area contributed by atoms with E-state index in [2.05, 4.69) is 45.9 Å². The molecule has 7 heteroatoms. The van der Waals surface area contributed by atoms with Gasteiger partial charge in [0.1, 0.15) is 5.82 Å². The first kappa shape index (κ1) is 18.4. The van der Waals surface area contributed by atoms with Crippen LogP contribution in [0, 0.1) is 5.92 Å². The van der Waals surface area contributed by atoms with Crippen LogP contribution < -0.4 is 15.1 Å². The van der Waals surface area contributed by atoms with Crippen LogP contribution in [0.1, 0.15) is 51.8 Å². The number of rotatable bonds is 6. The molecule has 1 saturated heterocycles. The van der Waals surface area contributed by atoms with Crippen molar-refractivity contribution in [3.05, 3.63) is 5.82 Å². The Morgan fingerprint density at radius 1 is 1.25 bits per heavy atom. The summed E-state index contributed by atoms with van der Waals surface area (Å²) in [5.74, 6) is 2.77. The van der Waals surface area contributed by atoms with Crippen molar-refractivity contribution in [3.63, 3.8) is 0 Å². The molecule has 0 atom stereocenters. The lowest BCUT2D eigenvalue weighted by atomic mass is 9.96. The van der Waals surface area contributed by atoms with Gasteiger partial charge >= 0.3 is 0 Å². The minimum Gasteiger partial charge on any atom is -0.356 e. The summed E-state index contributed by atoms with van der Waals surface area (Å²) < 4.78 is 0. The maximum absolute atomic E-state index is 12.1. The van der Waals surface area contributed by atoms with Gasteiger partial charge < -0.3 is 15.1 Å². The third-order valence-corrected chi connectivity index (χ3v) is 4.24. The largest absolute Gasteiger partial charge is 0.356 e. The van der Waals surface area contributed by atoms with Gasteiger partial charge in [-0.2, -0.15) is 15.0 Å². The monoisotopic (exact) mass is 334 g/mol. The van der Waals surface area contributed by atoms with E-state index in [-0.39, 0.29) is 17.7 Å². The molecule has 0 saturated carbocycles. The Hall–Kier alpha value is -1.92. The summed E-state index contributed by atoms with van der Waals surface area (Å²) in [5.41, 5.74) is 0. The highest BCUT2D eigenvalue weighted by atomic mass is 16.1. The van der Waals surface area contributed by atoms with Crippen LogP contribution in [0.5, 0.6) is 0 Å². The zero-order valence-electron chi connectivity index (χ0n) is 15.5. The molecule has 7 nitrogen and oxygen atoms in total. The molecular weight excluding hydrogens is 304 g/mol. The second-order valence-electron chi connectivity index (χ2n) is 6.90. The zero-order valence-corrected chi connectivity index (χ0v) is 15.5. The second kappa shape index (κ2) is 8.26. The van der Waals surface area contributed by atoms with Gasteiger partial charge in [-0.1, -0.05) is 20.8 Å². The van der Waals surface area contributed by atoms with Crippen LogP contribution in [0.25, 0.3) is 0 Å². The maximum atomic E-state index is 12.1. The van der Waals surface area contributed by atoms with Gasteiger partial charge in [-0.3, -0.25) is 4.79 Å². The van der Waals surface area contributed by atoms with Gasteiger partial charge in [-0.05, 0) is 19.3 Å². The molecule has 1 N–H and O–H groups in total. The summed E-state index contributed by atoms with van der Waals surface area (Å²) in [5, 5.41) is 3.00. The number of hydrogen-bond acceptors (Lipinski definition) is 6. The third-order valence-electron chi connectivity index (χ3n) is 4.24. The lowest BCUT2D eigenvalue weighted by Gasteiger charge is -2.32. The van der Waals surface area contributed by atoms with Crippen LogP contribution in [-0.2, 0) is 4.79 Å². The fourth-order valence-corrected chi connectivity index (χ4v) is 2.70. The van der Waals surface area contributed by atoms with Crippen LogP contribution in [0.15, 0.2) is 0 Å². The number of amides is 1. The van der Waals surface area contributed by atoms with Crippen molar-refractivity contribution in [2.45, 2.75) is 46.0 Å². The van der Waals surface area contributed by atoms with Crippen LogP contribution >= 0.6 is 0 Å². The number of carbonyl (C=O) groups is 1. The summed E-state index contributed by atoms with van der Waals surface area (Å²) in [4.78, 5) is 29.9. The summed E-state index contributed by atoms with van der Waals surface area (Å²) in [6.45, 7) is 8.61. The van der Waals surface area contributed by atoms with Crippen molar-refractivity contribution in [2.75, 3.05) is 43.5 Å². The van der Waals surface area contributed by atoms with Crippen molar-refractivity contribution in [3.8, 4) is 0 Å². The molecule has 1 aromatic rings. The van der Waals surface area contributed by atoms with Gasteiger partial charge in [0.15, 0.2) is 0 Å². The van der Waals surface area contributed by atoms with Gasteiger partial charge in [0.05, 0.1) is 0 Å². The molecule has 1 aromatic heterocycles. The number of aromatic nitrogens is 3. The molecule has 2 heterocycles. The van der Waals surface area contributed by atoms with E-state index in [0.29, 0.717) is 5.95 Å². The van der Waals surface area contributed by atoms with E-state index in [4.69, 9.17) is 0 Å². The lowest BCUT2D eigenvalue weighted by molar-refractivity contribution is -0.125. The maximum Gasteiger partial charge on any atom is 0.230 e. The second-order valence-corrected chi connectivity index (χ2v) is 6.90. The molecule has 1 amide bonds. The zero-order chi connectivity index (χ0) is 17.7. The summed E-state index contributed by atoms with van der Waals surface area (Å²) in [6.07, 6.45) is 2.66. The van der Waals surface area contributed by atoms with E-state index in [1.54, 1.807) is 0 Å². The quantitative estimate of drug-likeness (QED) is 0.855. The van der Waals surface area contributed by atoms with Gasteiger partial charge in [-0.15, -0.1) is 0 Å². The molecule has 1 aliphatic rings. The topological polar surface area (TPSA) is 74.2 Å². The van der Waals surface area contributed by atoms with Crippen molar-refractivity contribution >= 4 is 17.8 Å². The first-order valence-electron chi connectivity index (χ1n) is 8.88. The minimum absolute atomic E-state index is 0.104. The number of carbonyl (C=O) groups excluding carboxylic acids is 1. The number of piperidine rings is 1. The Morgan fingerprint density at radius 2 is 1.92 bits per heavy atom. The summed E-state index contributed by atoms with van der Waals surface area (Å²) in [7, 11) is 3.88. The van der Waals surface area contributed by atoms with Crippen molar-refractivity contribution < 1.29 is 4.79 Å². The van der Waals surface area contributed by atoms with Crippen LogP contribution in [0.2, 0.25) is 0 Å². The standard InChI is InChI=1S/C17H30N6O/c1-6-9-18-15(24)13-7-10-23(11-8-13)17-20-14(12(2)3)19-16(21-17)22(4)5/h12-13H,6-11H2,1-5H3,(H,18,24). The molecule has 0 aromatic carbocycles. The van der Waals surface area contributed by atoms with Crippen LogP contribution in [0.3, 0.4) is 0 Å². The Bertz CT molecular complexity index is 526. The Morgan fingerprint density at radius 3 is 2.46 bits per heavy atom. The third kappa shape index (κ3) is 4.55. The SMILES string of the molecule is CCCNC(=O)C1CCN(c2nc(C(C)C)nc(N(C)C)n2)CC1. The van der Waals surface area contributed by atoms with Crippen molar-refractivity contribution in [1.29, 1.82) is 0 Å². The molecule has 0 radical (unpaired) electrons. The molecule has 2 rings (SSSR count). The van der Waals surface area contributed by atoms with Gasteiger partial charge in [-0.25, -0.2) is 0 Å². The van der Waals surface area contributed by atoms with Gasteiger partial charge in [0.2, 0.25) is 17.8 Å². The first-order chi connectivity index (χ1) is 11.4. The molecule has 24 heavy (non-hydrogen) atoms.